The molecule has 0 amide bonds. The summed E-state index contributed by atoms with van der Waals surface area (Å²) < 4.78 is 5.07. The van der Waals surface area contributed by atoms with Crippen molar-refractivity contribution in [2.75, 3.05) is 0 Å². The van der Waals surface area contributed by atoms with Gasteiger partial charge in [0.15, 0.2) is 0 Å². The first-order valence-electron chi connectivity index (χ1n) is 10.7. The van der Waals surface area contributed by atoms with Crippen LogP contribution in [0.3, 0.4) is 0 Å². The molecule has 0 aliphatic heterocycles. The van der Waals surface area contributed by atoms with Crippen molar-refractivity contribution in [3.8, 4) is 11.5 Å². The molecule has 0 fully saturated rings. The number of phenolic OH excluding ortho intramolecular Hbond substituents is 2. The number of aromatic hydroxyl groups is 2. The van der Waals surface area contributed by atoms with E-state index in [1.165, 1.54) is 19.3 Å². The molecule has 0 spiro atoms. The zero-order chi connectivity index (χ0) is 21.2. The molecule has 4 heteroatoms. The Kier molecular flexibility index (Phi) is 9.84. The van der Waals surface area contributed by atoms with Crippen LogP contribution in [-0.2, 0) is 22.4 Å². The number of phenols is 2. The van der Waals surface area contributed by atoms with Crippen molar-refractivity contribution >= 4 is 6.47 Å². The van der Waals surface area contributed by atoms with Gasteiger partial charge in [-0.1, -0.05) is 46.1 Å². The second kappa shape index (κ2) is 11.3. The monoisotopic (exact) mass is 392 g/mol. The van der Waals surface area contributed by atoms with Crippen LogP contribution in [0.2, 0.25) is 0 Å². The Morgan fingerprint density at radius 2 is 1.46 bits per heavy atom. The highest BCUT2D eigenvalue weighted by Crippen LogP contribution is 2.33. The third-order valence-corrected chi connectivity index (χ3v) is 5.29. The van der Waals surface area contributed by atoms with Crippen LogP contribution < -0.4 is 0 Å². The molecule has 1 aromatic carbocycles. The van der Waals surface area contributed by atoms with E-state index < -0.39 is 5.60 Å². The van der Waals surface area contributed by atoms with E-state index in [9.17, 15) is 15.0 Å². The highest BCUT2D eigenvalue weighted by Gasteiger charge is 2.18. The summed E-state index contributed by atoms with van der Waals surface area (Å²) >= 11 is 0. The van der Waals surface area contributed by atoms with E-state index in [1.54, 1.807) is 6.07 Å². The Labute approximate surface area is 171 Å². The van der Waals surface area contributed by atoms with Crippen molar-refractivity contribution in [2.45, 2.75) is 104 Å². The summed E-state index contributed by atoms with van der Waals surface area (Å²) in [4.78, 5) is 10.5. The second-order valence-electron chi connectivity index (χ2n) is 9.73. The number of benzene rings is 1. The van der Waals surface area contributed by atoms with Gasteiger partial charge in [0.1, 0.15) is 17.1 Å². The number of aryl methyl sites for hydroxylation is 1. The van der Waals surface area contributed by atoms with Gasteiger partial charge < -0.3 is 14.9 Å². The van der Waals surface area contributed by atoms with Crippen LogP contribution in [0, 0.1) is 5.41 Å². The van der Waals surface area contributed by atoms with E-state index in [-0.39, 0.29) is 11.5 Å². The van der Waals surface area contributed by atoms with Gasteiger partial charge in [-0.2, -0.15) is 0 Å². The maximum Gasteiger partial charge on any atom is 0.293 e. The number of hydrogen-bond donors (Lipinski definition) is 2. The molecule has 0 aromatic heterocycles. The average Bonchev–Trinajstić information content (AvgIpc) is 2.57. The largest absolute Gasteiger partial charge is 0.508 e. The number of rotatable bonds is 13. The molecule has 0 saturated heterocycles. The van der Waals surface area contributed by atoms with Gasteiger partial charge >= 0.3 is 0 Å². The van der Waals surface area contributed by atoms with Crippen LogP contribution in [0.15, 0.2) is 12.1 Å². The molecule has 0 radical (unpaired) electrons. The SMILES string of the molecule is CC(C)(C)CCCCCCc1c(O)ccc(CCCCC(C)(C)OC=O)c1O. The Morgan fingerprint density at radius 1 is 0.857 bits per heavy atom. The molecule has 0 heterocycles. The van der Waals surface area contributed by atoms with Crippen molar-refractivity contribution in [3.05, 3.63) is 23.3 Å². The molecule has 0 saturated carbocycles. The Morgan fingerprint density at radius 3 is 2.11 bits per heavy atom. The van der Waals surface area contributed by atoms with Crippen molar-refractivity contribution < 1.29 is 19.7 Å². The number of unbranched alkanes of at least 4 members (excludes halogenated alkanes) is 4. The smallest absolute Gasteiger partial charge is 0.293 e. The van der Waals surface area contributed by atoms with E-state index in [0.717, 1.165) is 44.1 Å². The van der Waals surface area contributed by atoms with Crippen molar-refractivity contribution in [3.63, 3.8) is 0 Å². The summed E-state index contributed by atoms with van der Waals surface area (Å²) in [5.41, 5.74) is 1.50. The lowest BCUT2D eigenvalue weighted by atomic mass is 9.89. The van der Waals surface area contributed by atoms with Gasteiger partial charge in [0.2, 0.25) is 0 Å². The molecule has 0 bridgehead atoms. The van der Waals surface area contributed by atoms with Gasteiger partial charge in [0.05, 0.1) is 0 Å². The number of carbonyl (C=O) groups excluding carboxylic acids is 1. The minimum absolute atomic E-state index is 0.191. The lowest BCUT2D eigenvalue weighted by Gasteiger charge is -2.22. The van der Waals surface area contributed by atoms with E-state index >= 15 is 0 Å². The van der Waals surface area contributed by atoms with Gasteiger partial charge in [0.25, 0.3) is 6.47 Å². The van der Waals surface area contributed by atoms with Crippen molar-refractivity contribution in [1.29, 1.82) is 0 Å². The lowest BCUT2D eigenvalue weighted by molar-refractivity contribution is -0.140. The Balaban J connectivity index is 2.46. The van der Waals surface area contributed by atoms with Gasteiger partial charge in [-0.25, -0.2) is 0 Å². The van der Waals surface area contributed by atoms with Crippen LogP contribution in [0.5, 0.6) is 11.5 Å². The third-order valence-electron chi connectivity index (χ3n) is 5.29. The highest BCUT2D eigenvalue weighted by molar-refractivity contribution is 5.48. The van der Waals surface area contributed by atoms with E-state index in [2.05, 4.69) is 20.8 Å². The molecule has 1 aromatic rings. The molecule has 0 unspecified atom stereocenters. The van der Waals surface area contributed by atoms with Crippen LogP contribution >= 0.6 is 0 Å². The maximum absolute atomic E-state index is 10.6. The number of ether oxygens (including phenoxy) is 1. The average molecular weight is 393 g/mol. The molecule has 0 aliphatic carbocycles. The van der Waals surface area contributed by atoms with E-state index in [4.69, 9.17) is 4.74 Å². The molecule has 0 atom stereocenters. The Hall–Kier alpha value is -1.71. The first kappa shape index (κ1) is 24.3. The summed E-state index contributed by atoms with van der Waals surface area (Å²) in [5.74, 6) is 0.439. The molecule has 28 heavy (non-hydrogen) atoms. The summed E-state index contributed by atoms with van der Waals surface area (Å²) in [6.45, 7) is 11.1. The number of carbonyl (C=O) groups is 1. The van der Waals surface area contributed by atoms with Crippen LogP contribution in [0.1, 0.15) is 97.1 Å². The fraction of sp³-hybridized carbons (Fsp3) is 0.708. The number of hydrogen-bond acceptors (Lipinski definition) is 4. The van der Waals surface area contributed by atoms with Crippen LogP contribution in [-0.4, -0.2) is 22.3 Å². The molecular formula is C24H40O4. The molecule has 1 rings (SSSR count). The van der Waals surface area contributed by atoms with E-state index in [0.29, 0.717) is 23.9 Å². The first-order valence-corrected chi connectivity index (χ1v) is 10.7. The highest BCUT2D eigenvalue weighted by atomic mass is 16.5. The third kappa shape index (κ3) is 9.48. The summed E-state index contributed by atoms with van der Waals surface area (Å²) in [6.07, 6.45) is 9.79. The van der Waals surface area contributed by atoms with Gasteiger partial charge in [0, 0.05) is 5.56 Å². The van der Waals surface area contributed by atoms with Crippen LogP contribution in [0.4, 0.5) is 0 Å². The fourth-order valence-corrected chi connectivity index (χ4v) is 3.49. The summed E-state index contributed by atoms with van der Waals surface area (Å²) in [6, 6.07) is 3.51. The summed E-state index contributed by atoms with van der Waals surface area (Å²) in [7, 11) is 0. The Bertz CT molecular complexity index is 599. The van der Waals surface area contributed by atoms with Crippen molar-refractivity contribution in [2.24, 2.45) is 5.41 Å². The zero-order valence-electron chi connectivity index (χ0n) is 18.5. The maximum atomic E-state index is 10.6. The van der Waals surface area contributed by atoms with Crippen LogP contribution in [0.25, 0.3) is 0 Å². The molecule has 4 nitrogen and oxygen atoms in total. The quantitative estimate of drug-likeness (QED) is 0.305. The predicted octanol–water partition coefficient (Wildman–Crippen LogP) is 6.30. The minimum Gasteiger partial charge on any atom is -0.508 e. The molecule has 0 aliphatic rings. The normalized spacial score (nSPS) is 12.2. The molecule has 160 valence electrons. The van der Waals surface area contributed by atoms with Gasteiger partial charge in [-0.15, -0.1) is 0 Å². The van der Waals surface area contributed by atoms with Gasteiger partial charge in [-0.3, -0.25) is 4.79 Å². The van der Waals surface area contributed by atoms with Gasteiger partial charge in [-0.05, 0) is 75.8 Å². The lowest BCUT2D eigenvalue weighted by Crippen LogP contribution is -2.23. The van der Waals surface area contributed by atoms with E-state index in [1.807, 2.05) is 19.9 Å². The molecular weight excluding hydrogens is 352 g/mol. The minimum atomic E-state index is -0.448. The predicted molar refractivity (Wildman–Crippen MR) is 115 cm³/mol. The second-order valence-corrected chi connectivity index (χ2v) is 9.73. The summed E-state index contributed by atoms with van der Waals surface area (Å²) in [5, 5.41) is 20.7. The zero-order valence-corrected chi connectivity index (χ0v) is 18.5. The fourth-order valence-electron chi connectivity index (χ4n) is 3.49. The van der Waals surface area contributed by atoms with Crippen molar-refractivity contribution in [1.82, 2.24) is 0 Å². The standard InChI is InChI=1S/C24H40O4/c1-23(2,3)16-10-7-6-8-13-20-21(26)15-14-19(22(20)27)12-9-11-17-24(4,5)28-18-25/h14-15,18,26-27H,6-13,16-17H2,1-5H3. The topological polar surface area (TPSA) is 66.8 Å². The molecule has 2 N–H and O–H groups in total. The first-order chi connectivity index (χ1) is 13.1.